The van der Waals surface area contributed by atoms with Gasteiger partial charge in [-0.15, -0.1) is 13.2 Å². The Morgan fingerprint density at radius 3 is 2.60 bits per heavy atom. The zero-order valence-electron chi connectivity index (χ0n) is 12.6. The molecule has 0 aromatic heterocycles. The maximum Gasteiger partial charge on any atom is 0.165 e. The van der Waals surface area contributed by atoms with Gasteiger partial charge >= 0.3 is 0 Å². The number of ether oxygens (including phenoxy) is 3. The van der Waals surface area contributed by atoms with E-state index in [2.05, 4.69) is 20.1 Å². The lowest BCUT2D eigenvalue weighted by molar-refractivity contribution is 0.147. The molecule has 0 spiro atoms. The number of rotatable bonds is 9. The van der Waals surface area contributed by atoms with Crippen molar-refractivity contribution in [3.63, 3.8) is 0 Å². The zero-order valence-corrected chi connectivity index (χ0v) is 12.6. The van der Waals surface area contributed by atoms with Crippen molar-refractivity contribution in [1.29, 1.82) is 0 Å². The van der Waals surface area contributed by atoms with Crippen molar-refractivity contribution >= 4 is 0 Å². The van der Waals surface area contributed by atoms with Crippen molar-refractivity contribution < 1.29 is 14.2 Å². The third-order valence-corrected chi connectivity index (χ3v) is 3.06. The molecular weight excluding hydrogens is 252 g/mol. The molecule has 0 saturated carbocycles. The lowest BCUT2D eigenvalue weighted by Gasteiger charge is -2.20. The Morgan fingerprint density at radius 1 is 1.30 bits per heavy atom. The Bertz CT molecular complexity index is 452. The summed E-state index contributed by atoms with van der Waals surface area (Å²) in [6.07, 6.45) is 3.64. The van der Waals surface area contributed by atoms with E-state index in [-0.39, 0.29) is 5.92 Å². The predicted molar refractivity (Wildman–Crippen MR) is 82.6 cm³/mol. The van der Waals surface area contributed by atoms with E-state index in [0.29, 0.717) is 19.8 Å². The second-order valence-electron chi connectivity index (χ2n) is 4.43. The quantitative estimate of drug-likeness (QED) is 0.502. The van der Waals surface area contributed by atoms with Crippen LogP contribution in [0.4, 0.5) is 0 Å². The minimum atomic E-state index is 0.161. The van der Waals surface area contributed by atoms with Crippen molar-refractivity contribution in [3.05, 3.63) is 48.6 Å². The first kappa shape index (κ1) is 16.3. The summed E-state index contributed by atoms with van der Waals surface area (Å²) in [5, 5.41) is 0. The molecule has 0 saturated heterocycles. The smallest absolute Gasteiger partial charge is 0.165 e. The minimum absolute atomic E-state index is 0.161. The van der Waals surface area contributed by atoms with E-state index in [4.69, 9.17) is 14.2 Å². The molecule has 0 aliphatic rings. The van der Waals surface area contributed by atoms with Crippen molar-refractivity contribution in [2.45, 2.75) is 26.4 Å². The van der Waals surface area contributed by atoms with Gasteiger partial charge in [0.05, 0.1) is 26.9 Å². The summed E-state index contributed by atoms with van der Waals surface area (Å²) >= 11 is 0. The van der Waals surface area contributed by atoms with Crippen LogP contribution in [-0.2, 0) is 11.3 Å². The first-order chi connectivity index (χ1) is 9.69. The van der Waals surface area contributed by atoms with Gasteiger partial charge in [-0.25, -0.2) is 0 Å². The molecule has 3 nitrogen and oxygen atoms in total. The van der Waals surface area contributed by atoms with E-state index in [1.54, 1.807) is 13.2 Å². The summed E-state index contributed by atoms with van der Waals surface area (Å²) < 4.78 is 16.7. The van der Waals surface area contributed by atoms with E-state index >= 15 is 0 Å². The molecule has 0 N–H and O–H groups in total. The fraction of sp³-hybridized carbons (Fsp3) is 0.412. The average Bonchev–Trinajstić information content (AvgIpc) is 2.47. The highest BCUT2D eigenvalue weighted by molar-refractivity contribution is 5.53. The third kappa shape index (κ3) is 3.87. The number of hydrogen-bond donors (Lipinski definition) is 0. The monoisotopic (exact) mass is 276 g/mol. The molecule has 110 valence electrons. The van der Waals surface area contributed by atoms with E-state index < -0.39 is 0 Å². The van der Waals surface area contributed by atoms with Crippen molar-refractivity contribution in [2.24, 2.45) is 0 Å². The van der Waals surface area contributed by atoms with Gasteiger partial charge < -0.3 is 14.2 Å². The molecule has 1 unspecified atom stereocenters. The maximum absolute atomic E-state index is 5.78. The van der Waals surface area contributed by atoms with E-state index in [0.717, 1.165) is 22.6 Å². The predicted octanol–water partition coefficient (Wildman–Crippen LogP) is 4.09. The van der Waals surface area contributed by atoms with Gasteiger partial charge in [-0.2, -0.15) is 0 Å². The Kier molecular flexibility index (Phi) is 6.88. The van der Waals surface area contributed by atoms with Crippen LogP contribution in [0, 0.1) is 0 Å². The number of hydrogen-bond acceptors (Lipinski definition) is 3. The maximum atomic E-state index is 5.78. The van der Waals surface area contributed by atoms with Gasteiger partial charge in [0.25, 0.3) is 0 Å². The molecule has 3 heteroatoms. The van der Waals surface area contributed by atoms with Crippen LogP contribution >= 0.6 is 0 Å². The molecule has 1 rings (SSSR count). The number of allylic oxidation sites excluding steroid dienone is 1. The Balaban J connectivity index is 3.24. The van der Waals surface area contributed by atoms with E-state index in [1.165, 1.54) is 0 Å². The molecule has 1 atom stereocenters. The van der Waals surface area contributed by atoms with Crippen LogP contribution in [0.5, 0.6) is 11.5 Å². The van der Waals surface area contributed by atoms with Crippen molar-refractivity contribution in [3.8, 4) is 11.5 Å². The Hall–Kier alpha value is -1.74. The van der Waals surface area contributed by atoms with Crippen LogP contribution in [0.3, 0.4) is 0 Å². The number of benzene rings is 1. The highest BCUT2D eigenvalue weighted by Crippen LogP contribution is 2.39. The molecule has 0 fully saturated rings. The first-order valence-electron chi connectivity index (χ1n) is 6.83. The molecule has 1 aromatic carbocycles. The molecule has 20 heavy (non-hydrogen) atoms. The van der Waals surface area contributed by atoms with Crippen molar-refractivity contribution in [2.75, 3.05) is 20.3 Å². The molecule has 0 aliphatic carbocycles. The number of methoxy groups -OCH3 is 1. The SMILES string of the molecule is C=CCOCc1ccc(OC)c(OCC)c1C(C)C=C. The Morgan fingerprint density at radius 2 is 2.05 bits per heavy atom. The van der Waals surface area contributed by atoms with Gasteiger partial charge in [-0.05, 0) is 18.6 Å². The van der Waals surface area contributed by atoms with Crippen LogP contribution in [0.15, 0.2) is 37.4 Å². The van der Waals surface area contributed by atoms with Gasteiger partial charge in [-0.3, -0.25) is 0 Å². The third-order valence-electron chi connectivity index (χ3n) is 3.06. The molecular formula is C17H24O3. The highest BCUT2D eigenvalue weighted by atomic mass is 16.5. The molecule has 0 radical (unpaired) electrons. The Labute approximate surface area is 121 Å². The van der Waals surface area contributed by atoms with Crippen LogP contribution in [0.1, 0.15) is 30.9 Å². The van der Waals surface area contributed by atoms with E-state index in [9.17, 15) is 0 Å². The van der Waals surface area contributed by atoms with Gasteiger partial charge in [-0.1, -0.05) is 25.1 Å². The summed E-state index contributed by atoms with van der Waals surface area (Å²) in [5.74, 6) is 1.68. The van der Waals surface area contributed by atoms with Gasteiger partial charge in [0.15, 0.2) is 11.5 Å². The topological polar surface area (TPSA) is 27.7 Å². The summed E-state index contributed by atoms with van der Waals surface area (Å²) in [7, 11) is 1.65. The van der Waals surface area contributed by atoms with Crippen LogP contribution < -0.4 is 9.47 Å². The summed E-state index contributed by atoms with van der Waals surface area (Å²) in [5.41, 5.74) is 2.16. The normalized spacial score (nSPS) is 11.8. The molecule has 0 amide bonds. The van der Waals surface area contributed by atoms with Crippen LogP contribution in [-0.4, -0.2) is 20.3 Å². The minimum Gasteiger partial charge on any atom is -0.493 e. The average molecular weight is 276 g/mol. The second-order valence-corrected chi connectivity index (χ2v) is 4.43. The fourth-order valence-corrected chi connectivity index (χ4v) is 2.07. The standard InChI is InChI=1S/C17H24O3/c1-6-11-19-12-14-9-10-15(18-5)17(20-8-3)16(14)13(4)7-2/h6-7,9-10,13H,1-2,8,11-12H2,3-5H3. The lowest BCUT2D eigenvalue weighted by Crippen LogP contribution is -2.06. The van der Waals surface area contributed by atoms with Crippen LogP contribution in [0.2, 0.25) is 0 Å². The second kappa shape index (κ2) is 8.43. The first-order valence-corrected chi connectivity index (χ1v) is 6.83. The van der Waals surface area contributed by atoms with Crippen molar-refractivity contribution in [1.82, 2.24) is 0 Å². The fourth-order valence-electron chi connectivity index (χ4n) is 2.07. The summed E-state index contributed by atoms with van der Waals surface area (Å²) in [4.78, 5) is 0. The molecule has 0 aliphatic heterocycles. The van der Waals surface area contributed by atoms with Gasteiger partial charge in [0.2, 0.25) is 0 Å². The van der Waals surface area contributed by atoms with Crippen LogP contribution in [0.25, 0.3) is 0 Å². The summed E-state index contributed by atoms with van der Waals surface area (Å²) in [6, 6.07) is 3.93. The van der Waals surface area contributed by atoms with Gasteiger partial charge in [0, 0.05) is 11.5 Å². The van der Waals surface area contributed by atoms with Gasteiger partial charge in [0.1, 0.15) is 0 Å². The largest absolute Gasteiger partial charge is 0.493 e. The lowest BCUT2D eigenvalue weighted by atomic mass is 9.94. The zero-order chi connectivity index (χ0) is 15.0. The highest BCUT2D eigenvalue weighted by Gasteiger charge is 2.19. The molecule has 0 heterocycles. The summed E-state index contributed by atoms with van der Waals surface area (Å²) in [6.45, 7) is 13.2. The molecule has 1 aromatic rings. The van der Waals surface area contributed by atoms with E-state index in [1.807, 2.05) is 25.1 Å². The molecule has 0 bridgehead atoms.